The molecule has 2 N–H and O–H groups in total. The Morgan fingerprint density at radius 1 is 1.21 bits per heavy atom. The fourth-order valence-corrected chi connectivity index (χ4v) is 2.19. The van der Waals surface area contributed by atoms with Gasteiger partial charge in [-0.05, 0) is 25.6 Å². The van der Waals surface area contributed by atoms with E-state index in [0.717, 1.165) is 33.7 Å². The van der Waals surface area contributed by atoms with Gasteiger partial charge in [0.25, 0.3) is 0 Å². The van der Waals surface area contributed by atoms with E-state index < -0.39 is 0 Å². The van der Waals surface area contributed by atoms with Gasteiger partial charge in [0.1, 0.15) is 17.7 Å². The summed E-state index contributed by atoms with van der Waals surface area (Å²) in [7, 11) is 0. The number of nitrogens with zero attached hydrogens (tertiary/aromatic N) is 2. The second-order valence-corrected chi connectivity index (χ2v) is 4.50. The zero-order valence-corrected chi connectivity index (χ0v) is 10.8. The van der Waals surface area contributed by atoms with E-state index in [1.165, 1.54) is 0 Å². The summed E-state index contributed by atoms with van der Waals surface area (Å²) >= 11 is 0. The number of fused-ring (bicyclic) bond motifs is 1. The van der Waals surface area contributed by atoms with Crippen LogP contribution in [0, 0.1) is 6.92 Å². The number of aromatic nitrogens is 2. The number of para-hydroxylation sites is 1. The predicted octanol–water partition coefficient (Wildman–Crippen LogP) is 2.70. The molecule has 0 spiro atoms. The van der Waals surface area contributed by atoms with Crippen LogP contribution in [0.1, 0.15) is 11.5 Å². The largest absolute Gasteiger partial charge is 0.464 e. The molecule has 3 rings (SSSR count). The molecule has 3 aromatic rings. The highest BCUT2D eigenvalue weighted by Crippen LogP contribution is 2.29. The van der Waals surface area contributed by atoms with Crippen LogP contribution in [-0.4, -0.2) is 16.5 Å². The first kappa shape index (κ1) is 11.9. The van der Waals surface area contributed by atoms with Crippen LogP contribution in [-0.2, 0) is 6.42 Å². The molecule has 2 aromatic heterocycles. The van der Waals surface area contributed by atoms with Gasteiger partial charge in [0, 0.05) is 23.1 Å². The first-order chi connectivity index (χ1) is 9.28. The number of rotatable bonds is 3. The van der Waals surface area contributed by atoms with Crippen molar-refractivity contribution in [2.24, 2.45) is 5.73 Å². The lowest BCUT2D eigenvalue weighted by atomic mass is 10.1. The number of furan rings is 1. The second kappa shape index (κ2) is 4.82. The van der Waals surface area contributed by atoms with Crippen molar-refractivity contribution in [3.63, 3.8) is 0 Å². The summed E-state index contributed by atoms with van der Waals surface area (Å²) in [6.07, 6.45) is 2.43. The predicted molar refractivity (Wildman–Crippen MR) is 74.7 cm³/mol. The van der Waals surface area contributed by atoms with Gasteiger partial charge in [0.15, 0.2) is 0 Å². The monoisotopic (exact) mass is 253 g/mol. The van der Waals surface area contributed by atoms with Gasteiger partial charge in [-0.1, -0.05) is 18.2 Å². The van der Waals surface area contributed by atoms with E-state index in [1.54, 1.807) is 6.26 Å². The quantitative estimate of drug-likeness (QED) is 0.779. The standard InChI is InChI=1S/C15H15N3O/c1-10-8-13(18-15(17-10)6-7-16)12-9-19-14-5-3-2-4-11(12)14/h2-5,8-9H,6-7,16H2,1H3. The smallest absolute Gasteiger partial charge is 0.134 e. The highest BCUT2D eigenvalue weighted by atomic mass is 16.3. The average Bonchev–Trinajstić information content (AvgIpc) is 2.82. The molecule has 0 unspecified atom stereocenters. The minimum absolute atomic E-state index is 0.551. The van der Waals surface area contributed by atoms with E-state index in [-0.39, 0.29) is 0 Å². The summed E-state index contributed by atoms with van der Waals surface area (Å²) < 4.78 is 5.56. The molecular formula is C15H15N3O. The lowest BCUT2D eigenvalue weighted by Gasteiger charge is -2.04. The molecule has 0 atom stereocenters. The third-order valence-electron chi connectivity index (χ3n) is 3.03. The number of benzene rings is 1. The van der Waals surface area contributed by atoms with Crippen LogP contribution in [0.25, 0.3) is 22.2 Å². The first-order valence-electron chi connectivity index (χ1n) is 6.29. The number of aryl methyl sites for hydroxylation is 1. The molecule has 0 amide bonds. The van der Waals surface area contributed by atoms with E-state index in [1.807, 2.05) is 37.3 Å². The molecule has 19 heavy (non-hydrogen) atoms. The van der Waals surface area contributed by atoms with Crippen molar-refractivity contribution in [1.29, 1.82) is 0 Å². The van der Waals surface area contributed by atoms with Gasteiger partial charge in [-0.25, -0.2) is 9.97 Å². The Hall–Kier alpha value is -2.20. The molecule has 0 aliphatic carbocycles. The summed E-state index contributed by atoms with van der Waals surface area (Å²) in [5.74, 6) is 0.780. The maximum absolute atomic E-state index is 5.57. The number of hydrogen-bond donors (Lipinski definition) is 1. The summed E-state index contributed by atoms with van der Waals surface area (Å²) in [6, 6.07) is 9.91. The van der Waals surface area contributed by atoms with Crippen LogP contribution in [0.2, 0.25) is 0 Å². The minimum atomic E-state index is 0.551. The molecule has 96 valence electrons. The molecule has 4 heteroatoms. The van der Waals surface area contributed by atoms with Crippen molar-refractivity contribution in [1.82, 2.24) is 9.97 Å². The number of nitrogens with two attached hydrogens (primary N) is 1. The summed E-state index contributed by atoms with van der Waals surface area (Å²) in [6.45, 7) is 2.52. The molecule has 2 heterocycles. The average molecular weight is 253 g/mol. The third kappa shape index (κ3) is 2.22. The van der Waals surface area contributed by atoms with Crippen molar-refractivity contribution >= 4 is 11.0 Å². The SMILES string of the molecule is Cc1cc(-c2coc3ccccc23)nc(CCN)n1. The minimum Gasteiger partial charge on any atom is -0.464 e. The van der Waals surface area contributed by atoms with Crippen LogP contribution in [0.15, 0.2) is 41.0 Å². The first-order valence-corrected chi connectivity index (χ1v) is 6.29. The van der Waals surface area contributed by atoms with Crippen molar-refractivity contribution < 1.29 is 4.42 Å². The van der Waals surface area contributed by atoms with Gasteiger partial charge >= 0.3 is 0 Å². The van der Waals surface area contributed by atoms with E-state index in [9.17, 15) is 0 Å². The zero-order chi connectivity index (χ0) is 13.2. The Morgan fingerprint density at radius 3 is 2.89 bits per heavy atom. The topological polar surface area (TPSA) is 64.9 Å². The molecule has 0 saturated carbocycles. The van der Waals surface area contributed by atoms with Crippen LogP contribution in [0.4, 0.5) is 0 Å². The van der Waals surface area contributed by atoms with E-state index in [0.29, 0.717) is 13.0 Å². The fourth-order valence-electron chi connectivity index (χ4n) is 2.19. The highest BCUT2D eigenvalue weighted by Gasteiger charge is 2.10. The van der Waals surface area contributed by atoms with Gasteiger partial charge in [-0.15, -0.1) is 0 Å². The molecule has 0 aliphatic rings. The van der Waals surface area contributed by atoms with Gasteiger partial charge in [0.2, 0.25) is 0 Å². The molecule has 0 aliphatic heterocycles. The Labute approximate surface area is 111 Å². The lowest BCUT2D eigenvalue weighted by Crippen LogP contribution is -2.07. The van der Waals surface area contributed by atoms with Crippen LogP contribution >= 0.6 is 0 Å². The number of hydrogen-bond acceptors (Lipinski definition) is 4. The Bertz CT molecular complexity index is 718. The third-order valence-corrected chi connectivity index (χ3v) is 3.03. The fraction of sp³-hybridized carbons (Fsp3) is 0.200. The maximum atomic E-state index is 5.57. The highest BCUT2D eigenvalue weighted by molar-refractivity contribution is 5.92. The Morgan fingerprint density at radius 2 is 2.05 bits per heavy atom. The van der Waals surface area contributed by atoms with Crippen molar-refractivity contribution in [3.05, 3.63) is 48.1 Å². The molecule has 4 nitrogen and oxygen atoms in total. The molecular weight excluding hydrogens is 238 g/mol. The zero-order valence-electron chi connectivity index (χ0n) is 10.8. The maximum Gasteiger partial charge on any atom is 0.134 e. The summed E-state index contributed by atoms with van der Waals surface area (Å²) in [4.78, 5) is 8.96. The normalized spacial score (nSPS) is 11.1. The molecule has 0 bridgehead atoms. The van der Waals surface area contributed by atoms with Crippen LogP contribution in [0.5, 0.6) is 0 Å². The van der Waals surface area contributed by atoms with Crippen LogP contribution < -0.4 is 5.73 Å². The summed E-state index contributed by atoms with van der Waals surface area (Å²) in [5.41, 5.74) is 9.27. The summed E-state index contributed by atoms with van der Waals surface area (Å²) in [5, 5.41) is 1.07. The van der Waals surface area contributed by atoms with Gasteiger partial charge in [0.05, 0.1) is 5.69 Å². The van der Waals surface area contributed by atoms with Crippen molar-refractivity contribution in [2.45, 2.75) is 13.3 Å². The van der Waals surface area contributed by atoms with Gasteiger partial charge < -0.3 is 10.2 Å². The molecule has 0 radical (unpaired) electrons. The van der Waals surface area contributed by atoms with Gasteiger partial charge in [-0.2, -0.15) is 0 Å². The van der Waals surface area contributed by atoms with E-state index in [2.05, 4.69) is 9.97 Å². The Balaban J connectivity index is 2.15. The van der Waals surface area contributed by atoms with Crippen molar-refractivity contribution in [2.75, 3.05) is 6.54 Å². The van der Waals surface area contributed by atoms with E-state index >= 15 is 0 Å². The molecule has 0 saturated heterocycles. The van der Waals surface area contributed by atoms with Crippen molar-refractivity contribution in [3.8, 4) is 11.3 Å². The second-order valence-electron chi connectivity index (χ2n) is 4.50. The van der Waals surface area contributed by atoms with E-state index in [4.69, 9.17) is 10.2 Å². The molecule has 1 aromatic carbocycles. The van der Waals surface area contributed by atoms with Crippen LogP contribution in [0.3, 0.4) is 0 Å². The lowest BCUT2D eigenvalue weighted by molar-refractivity contribution is 0.616. The molecule has 0 fully saturated rings. The Kier molecular flexibility index (Phi) is 3.01. The van der Waals surface area contributed by atoms with Gasteiger partial charge in [-0.3, -0.25) is 0 Å².